The van der Waals surface area contributed by atoms with Gasteiger partial charge in [0.25, 0.3) is 0 Å². The number of halogens is 1. The van der Waals surface area contributed by atoms with Gasteiger partial charge in [-0.05, 0) is 42.2 Å². The number of benzene rings is 1. The lowest BCUT2D eigenvalue weighted by atomic mass is 9.98. The van der Waals surface area contributed by atoms with Crippen LogP contribution in [-0.2, 0) is 11.2 Å². The third kappa shape index (κ3) is 2.69. The molecule has 1 aromatic carbocycles. The van der Waals surface area contributed by atoms with Gasteiger partial charge in [-0.15, -0.1) is 0 Å². The van der Waals surface area contributed by atoms with Crippen molar-refractivity contribution < 1.29 is 9.90 Å². The highest BCUT2D eigenvalue weighted by atomic mass is 79.9. The Hall–Kier alpha value is -1.29. The van der Waals surface area contributed by atoms with Gasteiger partial charge in [0, 0.05) is 23.8 Å². The normalized spacial score (nSPS) is 15.1. The van der Waals surface area contributed by atoms with E-state index in [1.807, 2.05) is 13.1 Å². The second kappa shape index (κ2) is 4.92. The number of hydrogen-bond donors (Lipinski definition) is 0. The summed E-state index contributed by atoms with van der Waals surface area (Å²) in [5, 5.41) is 10.5. The van der Waals surface area contributed by atoms with E-state index in [0.29, 0.717) is 0 Å². The van der Waals surface area contributed by atoms with Crippen LogP contribution >= 0.6 is 15.9 Å². The summed E-state index contributed by atoms with van der Waals surface area (Å²) in [4.78, 5) is 12.7. The van der Waals surface area contributed by atoms with Crippen LogP contribution < -0.4 is 10.0 Å². The monoisotopic (exact) mass is 294 g/mol. The van der Waals surface area contributed by atoms with E-state index in [2.05, 4.69) is 26.9 Å². The average molecular weight is 295 g/mol. The Balaban J connectivity index is 2.50. The Bertz CT molecular complexity index is 483. The zero-order chi connectivity index (χ0) is 12.4. The summed E-state index contributed by atoms with van der Waals surface area (Å²) >= 11 is 3.45. The minimum absolute atomic E-state index is 0.917. The van der Waals surface area contributed by atoms with Gasteiger partial charge < -0.3 is 14.8 Å². The minimum Gasteiger partial charge on any atom is -0.545 e. The van der Waals surface area contributed by atoms with E-state index in [-0.39, 0.29) is 0 Å². The van der Waals surface area contributed by atoms with Crippen LogP contribution in [0.15, 0.2) is 22.7 Å². The van der Waals surface area contributed by atoms with Gasteiger partial charge in [-0.3, -0.25) is 0 Å². The summed E-state index contributed by atoms with van der Waals surface area (Å²) in [5.41, 5.74) is 3.30. The number of carboxylic acid groups (broad SMARTS) is 1. The molecule has 90 valence electrons. The van der Waals surface area contributed by atoms with Crippen molar-refractivity contribution in [2.45, 2.75) is 12.8 Å². The highest BCUT2D eigenvalue weighted by Gasteiger charge is 2.16. The van der Waals surface area contributed by atoms with Crippen LogP contribution in [0.2, 0.25) is 0 Å². The van der Waals surface area contributed by atoms with Gasteiger partial charge in [0.15, 0.2) is 0 Å². The van der Waals surface area contributed by atoms with Gasteiger partial charge in [0.1, 0.15) is 0 Å². The van der Waals surface area contributed by atoms with Crippen molar-refractivity contribution in [3.05, 3.63) is 33.8 Å². The molecule has 0 saturated heterocycles. The maximum absolute atomic E-state index is 10.5. The van der Waals surface area contributed by atoms with Gasteiger partial charge in [-0.1, -0.05) is 22.0 Å². The summed E-state index contributed by atoms with van der Waals surface area (Å²) in [6, 6.07) is 4.03. The molecule has 0 bridgehead atoms. The molecule has 0 saturated carbocycles. The Kier molecular flexibility index (Phi) is 3.52. The number of carbonyl (C=O) groups is 1. The van der Waals surface area contributed by atoms with Crippen molar-refractivity contribution in [2.24, 2.45) is 0 Å². The number of aliphatic carboxylic acids is 1. The number of aryl methyl sites for hydroxylation is 1. The van der Waals surface area contributed by atoms with Gasteiger partial charge in [0.2, 0.25) is 0 Å². The van der Waals surface area contributed by atoms with Gasteiger partial charge >= 0.3 is 0 Å². The number of anilines is 1. The van der Waals surface area contributed by atoms with E-state index in [9.17, 15) is 9.90 Å². The summed E-state index contributed by atoms with van der Waals surface area (Å²) in [6.45, 7) is 1.00. The SMILES string of the molecule is CN1CCCc2cc(Br)cc(/C=C/C(=O)[O-])c21. The van der Waals surface area contributed by atoms with Gasteiger partial charge in [-0.2, -0.15) is 0 Å². The molecule has 2 rings (SSSR count). The summed E-state index contributed by atoms with van der Waals surface area (Å²) in [6.07, 6.45) is 4.83. The number of rotatable bonds is 2. The fourth-order valence-corrected chi connectivity index (χ4v) is 2.76. The molecule has 4 heteroatoms. The largest absolute Gasteiger partial charge is 0.545 e. The number of carbonyl (C=O) groups excluding carboxylic acids is 1. The lowest BCUT2D eigenvalue weighted by Gasteiger charge is -2.29. The molecular weight excluding hydrogens is 282 g/mol. The average Bonchev–Trinajstić information content (AvgIpc) is 2.25. The van der Waals surface area contributed by atoms with E-state index < -0.39 is 5.97 Å². The van der Waals surface area contributed by atoms with Crippen molar-refractivity contribution in [1.82, 2.24) is 0 Å². The fourth-order valence-electron chi connectivity index (χ4n) is 2.24. The number of nitrogens with zero attached hydrogens (tertiary/aromatic N) is 1. The fraction of sp³-hybridized carbons (Fsp3) is 0.308. The molecule has 0 fully saturated rings. The summed E-state index contributed by atoms with van der Waals surface area (Å²) < 4.78 is 0.976. The quantitative estimate of drug-likeness (QED) is 0.778. The molecule has 17 heavy (non-hydrogen) atoms. The molecule has 0 aliphatic carbocycles. The molecule has 0 N–H and O–H groups in total. The van der Waals surface area contributed by atoms with Crippen molar-refractivity contribution in [3.63, 3.8) is 0 Å². The van der Waals surface area contributed by atoms with Crippen LogP contribution in [0.5, 0.6) is 0 Å². The zero-order valence-corrected chi connectivity index (χ0v) is 11.2. The molecule has 0 amide bonds. The van der Waals surface area contributed by atoms with Crippen LogP contribution in [0.25, 0.3) is 6.08 Å². The van der Waals surface area contributed by atoms with Crippen LogP contribution in [-0.4, -0.2) is 19.6 Å². The standard InChI is InChI=1S/C13H14BrNO2/c1-15-6-2-3-9-7-11(14)8-10(13(9)15)4-5-12(16)17/h4-5,7-8H,2-3,6H2,1H3,(H,16,17)/p-1/b5-4+. The first kappa shape index (κ1) is 12.2. The number of hydrogen-bond acceptors (Lipinski definition) is 3. The molecule has 0 aromatic heterocycles. The van der Waals surface area contributed by atoms with Crippen molar-refractivity contribution in [1.29, 1.82) is 0 Å². The highest BCUT2D eigenvalue weighted by Crippen LogP contribution is 2.33. The second-order valence-corrected chi connectivity index (χ2v) is 5.10. The number of fused-ring (bicyclic) bond motifs is 1. The molecule has 1 aliphatic rings. The van der Waals surface area contributed by atoms with Crippen LogP contribution in [0, 0.1) is 0 Å². The summed E-state index contributed by atoms with van der Waals surface area (Å²) in [5.74, 6) is -1.17. The maximum atomic E-state index is 10.5. The number of carboxylic acids is 1. The van der Waals surface area contributed by atoms with Gasteiger partial charge in [0.05, 0.1) is 5.97 Å². The van der Waals surface area contributed by atoms with Crippen molar-refractivity contribution in [3.8, 4) is 0 Å². The van der Waals surface area contributed by atoms with E-state index in [0.717, 1.165) is 41.2 Å². The second-order valence-electron chi connectivity index (χ2n) is 4.18. The molecule has 0 atom stereocenters. The Morgan fingerprint density at radius 2 is 2.29 bits per heavy atom. The predicted octanol–water partition coefficient (Wildman–Crippen LogP) is 1.59. The molecule has 1 aliphatic heterocycles. The van der Waals surface area contributed by atoms with Crippen LogP contribution in [0.4, 0.5) is 5.69 Å². The lowest BCUT2D eigenvalue weighted by Crippen LogP contribution is -2.25. The van der Waals surface area contributed by atoms with Crippen LogP contribution in [0.3, 0.4) is 0 Å². The molecule has 3 nitrogen and oxygen atoms in total. The highest BCUT2D eigenvalue weighted by molar-refractivity contribution is 9.10. The third-order valence-electron chi connectivity index (χ3n) is 2.90. The lowest BCUT2D eigenvalue weighted by molar-refractivity contribution is -0.297. The third-order valence-corrected chi connectivity index (χ3v) is 3.36. The van der Waals surface area contributed by atoms with Crippen molar-refractivity contribution >= 4 is 33.7 Å². The Morgan fingerprint density at radius 3 is 3.00 bits per heavy atom. The van der Waals surface area contributed by atoms with E-state index in [1.165, 1.54) is 5.56 Å². The first-order valence-corrected chi connectivity index (χ1v) is 6.30. The minimum atomic E-state index is -1.17. The van der Waals surface area contributed by atoms with E-state index in [4.69, 9.17) is 0 Å². The smallest absolute Gasteiger partial charge is 0.0643 e. The predicted molar refractivity (Wildman–Crippen MR) is 69.8 cm³/mol. The van der Waals surface area contributed by atoms with Crippen LogP contribution in [0.1, 0.15) is 17.5 Å². The van der Waals surface area contributed by atoms with E-state index >= 15 is 0 Å². The maximum Gasteiger partial charge on any atom is 0.0643 e. The first-order chi connectivity index (χ1) is 8.08. The zero-order valence-electron chi connectivity index (χ0n) is 9.57. The Morgan fingerprint density at radius 1 is 1.53 bits per heavy atom. The van der Waals surface area contributed by atoms with Gasteiger partial charge in [-0.25, -0.2) is 0 Å². The first-order valence-electron chi connectivity index (χ1n) is 5.50. The van der Waals surface area contributed by atoms with E-state index in [1.54, 1.807) is 6.08 Å². The summed E-state index contributed by atoms with van der Waals surface area (Å²) in [7, 11) is 2.03. The molecule has 0 spiro atoms. The topological polar surface area (TPSA) is 43.4 Å². The molecule has 1 heterocycles. The van der Waals surface area contributed by atoms with Crippen molar-refractivity contribution in [2.75, 3.05) is 18.5 Å². The molecule has 0 unspecified atom stereocenters. The molecule has 0 radical (unpaired) electrons. The Labute approximate surface area is 109 Å². The molecular formula is C13H13BrNO2-. The molecule has 1 aromatic rings.